The molecule has 2 aliphatic carbocycles. The van der Waals surface area contributed by atoms with Crippen LogP contribution in [0.3, 0.4) is 0 Å². The molecule has 1 radical (unpaired) electrons. The molecule has 0 spiro atoms. The summed E-state index contributed by atoms with van der Waals surface area (Å²) < 4.78 is 75.7. The zero-order valence-electron chi connectivity index (χ0n) is 23.2. The first-order valence-corrected chi connectivity index (χ1v) is 15.1. The lowest BCUT2D eigenvalue weighted by molar-refractivity contribution is 0.154. The zero-order chi connectivity index (χ0) is 27.8. The number of halogens is 5. The molecule has 2 aliphatic rings. The maximum atomic E-state index is 15.3. The van der Waals surface area contributed by atoms with Gasteiger partial charge in [-0.1, -0.05) is 71.1 Å². The molecule has 0 bridgehead atoms. The lowest BCUT2D eigenvalue weighted by Gasteiger charge is -2.38. The van der Waals surface area contributed by atoms with Crippen LogP contribution >= 0.6 is 0 Å². The summed E-state index contributed by atoms with van der Waals surface area (Å²) in [5.74, 6) is -5.10. The fourth-order valence-corrected chi connectivity index (χ4v) is 6.87. The van der Waals surface area contributed by atoms with Crippen molar-refractivity contribution >= 4 is 0 Å². The van der Waals surface area contributed by atoms with Crippen molar-refractivity contribution in [3.63, 3.8) is 0 Å². The Hall–Kier alpha value is -2.11. The summed E-state index contributed by atoms with van der Waals surface area (Å²) in [5.41, 5.74) is -0.0522. The fraction of sp³-hybridized carbons (Fsp3) is 0.636. The van der Waals surface area contributed by atoms with Gasteiger partial charge in [0, 0.05) is 23.8 Å². The van der Waals surface area contributed by atoms with Crippen LogP contribution in [0, 0.1) is 52.9 Å². The third kappa shape index (κ3) is 7.98. The minimum absolute atomic E-state index is 0.0522. The molecule has 0 heterocycles. The SMILES string of the molecule is CCCCCCCCC[C@H]1CC[C@H](C2CCC(c3c(F)c[c]c(Oc4cc(F)c(F)c(F)c4)c3F)CC2)CC1. The molecule has 0 aromatic heterocycles. The maximum Gasteiger partial charge on any atom is 0.194 e. The molecule has 2 fully saturated rings. The average molecular weight is 550 g/mol. The normalized spacial score (nSPS) is 23.6. The molecule has 1 nitrogen and oxygen atoms in total. The summed E-state index contributed by atoms with van der Waals surface area (Å²) in [6.45, 7) is 2.25. The van der Waals surface area contributed by atoms with Gasteiger partial charge in [0.25, 0.3) is 0 Å². The van der Waals surface area contributed by atoms with E-state index in [9.17, 15) is 17.6 Å². The number of hydrogen-bond acceptors (Lipinski definition) is 1. The Labute approximate surface area is 230 Å². The number of benzene rings is 2. The van der Waals surface area contributed by atoms with Crippen LogP contribution in [0.1, 0.15) is 121 Å². The Morgan fingerprint density at radius 2 is 1.26 bits per heavy atom. The van der Waals surface area contributed by atoms with Gasteiger partial charge in [0.05, 0.1) is 0 Å². The number of ether oxygens (including phenoxy) is 1. The first-order valence-electron chi connectivity index (χ1n) is 15.1. The molecule has 0 N–H and O–H groups in total. The molecule has 215 valence electrons. The molecule has 0 saturated heterocycles. The van der Waals surface area contributed by atoms with Crippen LogP contribution in [0.25, 0.3) is 0 Å². The highest BCUT2D eigenvalue weighted by Crippen LogP contribution is 2.46. The summed E-state index contributed by atoms with van der Waals surface area (Å²) in [6, 6.07) is 4.63. The molecule has 0 aliphatic heterocycles. The van der Waals surface area contributed by atoms with Crippen LogP contribution in [-0.2, 0) is 0 Å². The minimum atomic E-state index is -1.63. The molecule has 39 heavy (non-hydrogen) atoms. The van der Waals surface area contributed by atoms with E-state index in [1.807, 2.05) is 0 Å². The smallest absolute Gasteiger partial charge is 0.194 e. The molecule has 6 heteroatoms. The molecule has 4 rings (SSSR count). The number of rotatable bonds is 12. The van der Waals surface area contributed by atoms with Crippen LogP contribution in [0.15, 0.2) is 18.2 Å². The van der Waals surface area contributed by atoms with E-state index in [2.05, 4.69) is 13.0 Å². The molecular weight excluding hydrogens is 507 g/mol. The van der Waals surface area contributed by atoms with Gasteiger partial charge in [0.1, 0.15) is 11.6 Å². The quantitative estimate of drug-likeness (QED) is 0.145. The summed E-state index contributed by atoms with van der Waals surface area (Å²) in [6.07, 6.45) is 19.3. The Morgan fingerprint density at radius 1 is 0.692 bits per heavy atom. The monoisotopic (exact) mass is 549 g/mol. The fourth-order valence-electron chi connectivity index (χ4n) is 6.87. The highest BCUT2D eigenvalue weighted by atomic mass is 19.2. The van der Waals surface area contributed by atoms with Crippen molar-refractivity contribution in [2.45, 2.75) is 116 Å². The third-order valence-corrected chi connectivity index (χ3v) is 9.15. The molecule has 2 aromatic rings. The van der Waals surface area contributed by atoms with Gasteiger partial charge in [-0.15, -0.1) is 0 Å². The van der Waals surface area contributed by atoms with E-state index in [4.69, 9.17) is 4.74 Å². The van der Waals surface area contributed by atoms with Crippen LogP contribution in [-0.4, -0.2) is 0 Å². The van der Waals surface area contributed by atoms with E-state index >= 15 is 4.39 Å². The van der Waals surface area contributed by atoms with Crippen molar-refractivity contribution in [3.05, 3.63) is 58.9 Å². The van der Waals surface area contributed by atoms with E-state index in [1.54, 1.807) is 0 Å². The van der Waals surface area contributed by atoms with Crippen molar-refractivity contribution < 1.29 is 26.7 Å². The van der Waals surface area contributed by atoms with E-state index < -0.39 is 40.6 Å². The molecule has 0 atom stereocenters. The lowest BCUT2D eigenvalue weighted by Crippen LogP contribution is -2.26. The van der Waals surface area contributed by atoms with Crippen LogP contribution in [0.2, 0.25) is 0 Å². The molecule has 2 saturated carbocycles. The average Bonchev–Trinajstić information content (AvgIpc) is 2.93. The highest BCUT2D eigenvalue weighted by Gasteiger charge is 2.33. The Morgan fingerprint density at radius 3 is 1.87 bits per heavy atom. The summed E-state index contributed by atoms with van der Waals surface area (Å²) in [5, 5.41) is 0. The van der Waals surface area contributed by atoms with Crippen molar-refractivity contribution in [2.75, 3.05) is 0 Å². The van der Waals surface area contributed by atoms with Crippen molar-refractivity contribution in [3.8, 4) is 11.5 Å². The summed E-state index contributed by atoms with van der Waals surface area (Å²) in [7, 11) is 0. The summed E-state index contributed by atoms with van der Waals surface area (Å²) in [4.78, 5) is 0. The molecular formula is C33H42F5O. The van der Waals surface area contributed by atoms with E-state index in [-0.39, 0.29) is 11.5 Å². The van der Waals surface area contributed by atoms with E-state index in [0.29, 0.717) is 36.8 Å². The third-order valence-electron chi connectivity index (χ3n) is 9.15. The standard InChI is InChI=1S/C33H42F5O/c1-2-3-4-5-6-7-8-9-22-10-12-23(13-11-22)24-14-16-25(17-15-24)31-27(34)18-19-30(33(31)38)39-26-20-28(35)32(37)29(36)21-26/h18,20-25H,2-17H2,1H3/t22-,23-,24?,25?. The van der Waals surface area contributed by atoms with Crippen LogP contribution in [0.5, 0.6) is 11.5 Å². The second-order valence-electron chi connectivity index (χ2n) is 11.8. The Kier molecular flexibility index (Phi) is 11.1. The van der Waals surface area contributed by atoms with Crippen LogP contribution in [0.4, 0.5) is 22.0 Å². The number of unbranched alkanes of at least 4 members (excludes halogenated alkanes) is 6. The van der Waals surface area contributed by atoms with Gasteiger partial charge in [0.2, 0.25) is 0 Å². The predicted molar refractivity (Wildman–Crippen MR) is 144 cm³/mol. The largest absolute Gasteiger partial charge is 0.453 e. The van der Waals surface area contributed by atoms with E-state index in [1.165, 1.54) is 77.0 Å². The summed E-state index contributed by atoms with van der Waals surface area (Å²) >= 11 is 0. The minimum Gasteiger partial charge on any atom is -0.453 e. The maximum absolute atomic E-state index is 15.3. The number of hydrogen-bond donors (Lipinski definition) is 0. The van der Waals surface area contributed by atoms with Gasteiger partial charge in [-0.05, 0) is 68.3 Å². The van der Waals surface area contributed by atoms with Gasteiger partial charge in [-0.25, -0.2) is 22.0 Å². The van der Waals surface area contributed by atoms with Crippen molar-refractivity contribution in [1.29, 1.82) is 0 Å². The van der Waals surface area contributed by atoms with Gasteiger partial charge in [-0.3, -0.25) is 0 Å². The van der Waals surface area contributed by atoms with Crippen molar-refractivity contribution in [1.82, 2.24) is 0 Å². The predicted octanol–water partition coefficient (Wildman–Crippen LogP) is 11.2. The topological polar surface area (TPSA) is 9.23 Å². The van der Waals surface area contributed by atoms with Crippen LogP contribution < -0.4 is 4.74 Å². The highest BCUT2D eigenvalue weighted by molar-refractivity contribution is 5.38. The lowest BCUT2D eigenvalue weighted by atomic mass is 9.68. The van der Waals surface area contributed by atoms with Gasteiger partial charge < -0.3 is 4.74 Å². The molecule has 2 aromatic carbocycles. The van der Waals surface area contributed by atoms with E-state index in [0.717, 1.165) is 24.8 Å². The first-order chi connectivity index (χ1) is 18.9. The second kappa shape index (κ2) is 14.5. The molecule has 0 amide bonds. The molecule has 0 unspecified atom stereocenters. The van der Waals surface area contributed by atoms with Crippen molar-refractivity contribution in [2.24, 2.45) is 17.8 Å². The first kappa shape index (κ1) is 29.9. The Balaban J connectivity index is 1.25. The zero-order valence-corrected chi connectivity index (χ0v) is 23.2. The van der Waals surface area contributed by atoms with Gasteiger partial charge in [0.15, 0.2) is 29.0 Å². The Bertz CT molecular complexity index is 1030. The second-order valence-corrected chi connectivity index (χ2v) is 11.8. The van der Waals surface area contributed by atoms with Gasteiger partial charge >= 0.3 is 0 Å². The van der Waals surface area contributed by atoms with Gasteiger partial charge in [-0.2, -0.15) is 0 Å².